The molecule has 0 saturated carbocycles. The molecule has 27 nitrogen and oxygen atoms in total. The van der Waals surface area contributed by atoms with E-state index in [0.29, 0.717) is 68.5 Å². The molecule has 76 heavy (non-hydrogen) atoms. The number of unbranched alkanes of at least 4 members (excludes halogenated alkanes) is 2. The summed E-state index contributed by atoms with van der Waals surface area (Å²) >= 11 is 0. The number of carbonyl (C=O) groups excluding carboxylic acids is 6. The molecule has 4 heterocycles. The topological polar surface area (TPSA) is 392 Å². The second kappa shape index (κ2) is 29.1. The van der Waals surface area contributed by atoms with E-state index in [1.54, 1.807) is 73.6 Å². The Labute approximate surface area is 435 Å². The maximum Gasteiger partial charge on any atom is 0.328 e. The third-order valence-electron chi connectivity index (χ3n) is 12.0. The van der Waals surface area contributed by atoms with Crippen LogP contribution < -0.4 is 48.3 Å². The first-order chi connectivity index (χ1) is 36.7. The van der Waals surface area contributed by atoms with E-state index >= 15 is 0 Å². The van der Waals surface area contributed by atoms with Crippen LogP contribution in [0.25, 0.3) is 21.8 Å². The van der Waals surface area contributed by atoms with Crippen molar-refractivity contribution in [3.8, 4) is 0 Å². The van der Waals surface area contributed by atoms with Crippen molar-refractivity contribution in [1.82, 2.24) is 71.4 Å². The number of nitrogens with two attached hydrogens (primary N) is 1. The average Bonchev–Trinajstić information content (AvgIpc) is 4.27. The summed E-state index contributed by atoms with van der Waals surface area (Å²) in [6.07, 6.45) is 13.2. The number of imidazole rings is 2. The van der Waals surface area contributed by atoms with E-state index in [0.717, 1.165) is 34.6 Å². The first kappa shape index (κ1) is 56.4. The molecule has 0 saturated heterocycles. The number of aromatic nitrogens is 8. The van der Waals surface area contributed by atoms with Gasteiger partial charge in [0.25, 0.3) is 11.8 Å². The van der Waals surface area contributed by atoms with Crippen molar-refractivity contribution in [1.29, 1.82) is 0 Å². The molecule has 1 unspecified atom stereocenters. The van der Waals surface area contributed by atoms with Crippen molar-refractivity contribution in [2.75, 3.05) is 49.9 Å². The lowest BCUT2D eigenvalue weighted by Gasteiger charge is -2.16. The van der Waals surface area contributed by atoms with E-state index < -0.39 is 65.5 Å². The van der Waals surface area contributed by atoms with Gasteiger partial charge < -0.3 is 68.4 Å². The van der Waals surface area contributed by atoms with Crippen LogP contribution in [0.3, 0.4) is 0 Å². The average molecular weight is 1050 g/mol. The zero-order valence-electron chi connectivity index (χ0n) is 41.8. The van der Waals surface area contributed by atoms with Crippen LogP contribution in [0.4, 0.5) is 11.9 Å². The Hall–Kier alpha value is -8.88. The molecule has 0 aliphatic heterocycles. The molecule has 14 N–H and O–H groups in total. The van der Waals surface area contributed by atoms with E-state index in [9.17, 15) is 48.6 Å². The highest BCUT2D eigenvalue weighted by Gasteiger charge is 2.23. The number of carbonyl (C=O) groups is 8. The number of aromatic amines is 2. The molecule has 0 fully saturated rings. The third-order valence-corrected chi connectivity index (χ3v) is 12.0. The fourth-order valence-electron chi connectivity index (χ4n) is 7.85. The van der Waals surface area contributed by atoms with Gasteiger partial charge in [-0.1, -0.05) is 6.42 Å². The van der Waals surface area contributed by atoms with Gasteiger partial charge in [-0.05, 0) is 74.9 Å². The number of nitrogens with one attached hydrogen (secondary N) is 10. The highest BCUT2D eigenvalue weighted by Crippen LogP contribution is 2.18. The number of nitrogens with zero attached hydrogens (tertiary/aromatic N) is 6. The second-order valence-electron chi connectivity index (χ2n) is 17.8. The van der Waals surface area contributed by atoms with Gasteiger partial charge in [-0.3, -0.25) is 38.1 Å². The second-order valence-corrected chi connectivity index (χ2v) is 17.8. The number of rotatable bonds is 34. The number of carboxylic acid groups (broad SMARTS) is 2. The van der Waals surface area contributed by atoms with Gasteiger partial charge >= 0.3 is 11.9 Å². The van der Waals surface area contributed by atoms with Gasteiger partial charge in [0, 0.05) is 118 Å². The number of anilines is 2. The number of benzene rings is 2. The smallest absolute Gasteiger partial charge is 0.328 e. The van der Waals surface area contributed by atoms with E-state index in [4.69, 9.17) is 5.73 Å². The van der Waals surface area contributed by atoms with Crippen molar-refractivity contribution < 1.29 is 48.6 Å². The molecular weight excluding hydrogens is 987 g/mol. The summed E-state index contributed by atoms with van der Waals surface area (Å²) in [6, 6.07) is 6.37. The Morgan fingerprint density at radius 1 is 0.566 bits per heavy atom. The van der Waals surface area contributed by atoms with Crippen molar-refractivity contribution >= 4 is 81.1 Å². The molecule has 2 aromatic carbocycles. The SMILES string of the molecule is NC(CCC(=O)NCCCC(=O)N[C@@H](CNC(=O)c1ccc2c(cnn2CCCNc2ncc[nH]2)c1)C(=O)O)C(=O)NCCCCCC(=O)N[C@@H](CNC(=O)c1ccc2c(cnn2CCCNc2ncc[nH]2)c1)C(=O)O. The summed E-state index contributed by atoms with van der Waals surface area (Å²) in [7, 11) is 0. The lowest BCUT2D eigenvalue weighted by molar-refractivity contribution is -0.142. The van der Waals surface area contributed by atoms with Gasteiger partial charge in [-0.25, -0.2) is 19.6 Å². The molecule has 0 bridgehead atoms. The Bertz CT molecular complexity index is 2880. The Kier molecular flexibility index (Phi) is 21.6. The number of aryl methyl sites for hydroxylation is 2. The Morgan fingerprint density at radius 2 is 1.07 bits per heavy atom. The molecule has 6 aromatic rings. The molecule has 0 aliphatic rings. The predicted octanol–water partition coefficient (Wildman–Crippen LogP) is 0.816. The normalized spacial score (nSPS) is 12.3. The monoisotopic (exact) mass is 1050 g/mol. The number of hydrogen-bond acceptors (Lipinski definition) is 15. The van der Waals surface area contributed by atoms with E-state index in [-0.39, 0.29) is 58.3 Å². The zero-order chi connectivity index (χ0) is 54.2. The lowest BCUT2D eigenvalue weighted by atomic mass is 10.1. The van der Waals surface area contributed by atoms with E-state index in [2.05, 4.69) is 72.7 Å². The number of hydrogen-bond donors (Lipinski definition) is 13. The Balaban J connectivity index is 0.769. The van der Waals surface area contributed by atoms with Crippen LogP contribution in [-0.2, 0) is 41.9 Å². The minimum absolute atomic E-state index is 0.0227. The molecular formula is C49H65N17O10. The van der Waals surface area contributed by atoms with Crippen molar-refractivity contribution in [2.45, 2.75) is 95.4 Å². The summed E-state index contributed by atoms with van der Waals surface area (Å²) in [5.41, 5.74) is 8.25. The van der Waals surface area contributed by atoms with Crippen LogP contribution in [0.1, 0.15) is 84.9 Å². The van der Waals surface area contributed by atoms with E-state index in [1.165, 1.54) is 0 Å². The van der Waals surface area contributed by atoms with Crippen molar-refractivity contribution in [3.63, 3.8) is 0 Å². The predicted molar refractivity (Wildman–Crippen MR) is 278 cm³/mol. The fraction of sp³-hybridized carbons (Fsp3) is 0.429. The molecule has 6 amide bonds. The van der Waals surface area contributed by atoms with Gasteiger partial charge in [-0.2, -0.15) is 10.2 Å². The molecule has 4 aromatic heterocycles. The van der Waals surface area contributed by atoms with Gasteiger partial charge in [0.05, 0.1) is 29.5 Å². The van der Waals surface area contributed by atoms with Crippen LogP contribution >= 0.6 is 0 Å². The molecule has 6 rings (SSSR count). The fourth-order valence-corrected chi connectivity index (χ4v) is 7.85. The van der Waals surface area contributed by atoms with Crippen molar-refractivity contribution in [2.24, 2.45) is 5.73 Å². The molecule has 0 radical (unpaired) electrons. The molecule has 0 aliphatic carbocycles. The first-order valence-electron chi connectivity index (χ1n) is 25.0. The first-order valence-corrected chi connectivity index (χ1v) is 25.0. The number of fused-ring (bicyclic) bond motifs is 2. The summed E-state index contributed by atoms with van der Waals surface area (Å²) in [6.45, 7) is 2.27. The van der Waals surface area contributed by atoms with Gasteiger partial charge in [0.15, 0.2) is 11.9 Å². The number of H-pyrrole nitrogens is 2. The zero-order valence-corrected chi connectivity index (χ0v) is 41.8. The minimum Gasteiger partial charge on any atom is -0.480 e. The quantitative estimate of drug-likeness (QED) is 0.0249. The van der Waals surface area contributed by atoms with Gasteiger partial charge in [0.2, 0.25) is 23.6 Å². The third kappa shape index (κ3) is 18.0. The standard InChI is InChI=1S/C49H65N17O10/c50-35(11-14-40(67)51-16-4-8-42(69)64-37(47(75)76)30-60-44(71)32-10-13-39-34(26-32)28-62-66(39)24-6-18-54-49-57-21-22-58-49)45(72)52-15-3-1-2-7-41(68)63-36(46(73)74)29-59-43(70)31-9-12-38-33(25-31)27-61-65(38)23-5-17-53-48-55-19-20-56-48/h9-10,12-13,19-22,25-28,35-37H,1-8,11,14-18,23-24,29-30,50H2,(H,51,67)(H,52,72)(H,59,70)(H,60,71)(H,63,68)(H,64,69)(H,73,74)(H,75,76)(H2,53,55,56)(H2,54,57,58)/t35?,36-,37-/m0/s1. The molecule has 406 valence electrons. The maximum absolute atomic E-state index is 12.9. The highest BCUT2D eigenvalue weighted by molar-refractivity contribution is 5.99. The Morgan fingerprint density at radius 3 is 1.55 bits per heavy atom. The van der Waals surface area contributed by atoms with Crippen LogP contribution in [0.15, 0.2) is 73.6 Å². The number of amides is 6. The summed E-state index contributed by atoms with van der Waals surface area (Å²) in [4.78, 5) is 114. The molecule has 0 spiro atoms. The van der Waals surface area contributed by atoms with Gasteiger partial charge in [-0.15, -0.1) is 0 Å². The molecule has 27 heteroatoms. The minimum atomic E-state index is -1.40. The largest absolute Gasteiger partial charge is 0.480 e. The lowest BCUT2D eigenvalue weighted by Crippen LogP contribution is -2.48. The van der Waals surface area contributed by atoms with E-state index in [1.807, 2.05) is 9.36 Å². The van der Waals surface area contributed by atoms with Gasteiger partial charge in [0.1, 0.15) is 12.1 Å². The number of carboxylic acids is 2. The highest BCUT2D eigenvalue weighted by atomic mass is 16.4. The summed E-state index contributed by atoms with van der Waals surface area (Å²) in [5.74, 6) is -4.27. The van der Waals surface area contributed by atoms with Crippen LogP contribution in [-0.4, -0.2) is 154 Å². The van der Waals surface area contributed by atoms with Crippen LogP contribution in [0, 0.1) is 0 Å². The number of aliphatic carboxylic acids is 2. The summed E-state index contributed by atoms with van der Waals surface area (Å²) in [5, 5.41) is 51.3. The molecule has 3 atom stereocenters. The summed E-state index contributed by atoms with van der Waals surface area (Å²) < 4.78 is 3.65. The van der Waals surface area contributed by atoms with Crippen LogP contribution in [0.2, 0.25) is 0 Å². The maximum atomic E-state index is 12.9. The van der Waals surface area contributed by atoms with Crippen molar-refractivity contribution in [3.05, 3.63) is 84.7 Å². The van der Waals surface area contributed by atoms with Crippen LogP contribution in [0.5, 0.6) is 0 Å².